The highest BCUT2D eigenvalue weighted by Gasteiger charge is 2.08. The standard InChI is InChI=1S/C11H17N5O/c1-4-10-12-11(14-13-10)7-16(3)6-9-5-8(2)17-15-9/h5H,4,6-7H2,1-3H3,(H,12,13,14). The second-order valence-corrected chi connectivity index (χ2v) is 4.15. The molecule has 0 aliphatic carbocycles. The number of hydrogen-bond donors (Lipinski definition) is 1. The zero-order valence-electron chi connectivity index (χ0n) is 10.4. The summed E-state index contributed by atoms with van der Waals surface area (Å²) in [5.41, 5.74) is 0.931. The van der Waals surface area contributed by atoms with E-state index in [0.717, 1.165) is 42.6 Å². The van der Waals surface area contributed by atoms with Crippen molar-refractivity contribution in [1.29, 1.82) is 0 Å². The Morgan fingerprint density at radius 1 is 1.41 bits per heavy atom. The van der Waals surface area contributed by atoms with Gasteiger partial charge in [-0.2, -0.15) is 5.10 Å². The Kier molecular flexibility index (Phi) is 3.53. The van der Waals surface area contributed by atoms with Crippen molar-refractivity contribution in [2.75, 3.05) is 7.05 Å². The van der Waals surface area contributed by atoms with Crippen LogP contribution in [0.25, 0.3) is 0 Å². The van der Waals surface area contributed by atoms with Crippen LogP contribution in [0.15, 0.2) is 10.6 Å². The average Bonchev–Trinajstić information content (AvgIpc) is 2.88. The van der Waals surface area contributed by atoms with E-state index in [9.17, 15) is 0 Å². The van der Waals surface area contributed by atoms with E-state index in [4.69, 9.17) is 4.52 Å². The second kappa shape index (κ2) is 5.09. The maximum atomic E-state index is 5.02. The van der Waals surface area contributed by atoms with Gasteiger partial charge in [0, 0.05) is 19.0 Å². The molecule has 17 heavy (non-hydrogen) atoms. The Morgan fingerprint density at radius 3 is 2.82 bits per heavy atom. The number of nitrogens with one attached hydrogen (secondary N) is 1. The van der Waals surface area contributed by atoms with Gasteiger partial charge in [-0.1, -0.05) is 12.1 Å². The van der Waals surface area contributed by atoms with Gasteiger partial charge < -0.3 is 4.52 Å². The molecule has 2 heterocycles. The molecule has 0 unspecified atom stereocenters. The summed E-state index contributed by atoms with van der Waals surface area (Å²) in [7, 11) is 2.01. The van der Waals surface area contributed by atoms with E-state index < -0.39 is 0 Å². The molecule has 0 fully saturated rings. The van der Waals surface area contributed by atoms with Gasteiger partial charge in [-0.15, -0.1) is 0 Å². The molecule has 6 nitrogen and oxygen atoms in total. The molecule has 2 aromatic heterocycles. The fourth-order valence-electron chi connectivity index (χ4n) is 1.64. The summed E-state index contributed by atoms with van der Waals surface area (Å²) in [6.07, 6.45) is 0.850. The number of aromatic amines is 1. The Hall–Kier alpha value is -1.69. The highest BCUT2D eigenvalue weighted by molar-refractivity contribution is 5.03. The topological polar surface area (TPSA) is 70.8 Å². The molecule has 92 valence electrons. The molecular formula is C11H17N5O. The van der Waals surface area contributed by atoms with Crippen LogP contribution in [0.5, 0.6) is 0 Å². The molecule has 0 atom stereocenters. The molecule has 0 saturated heterocycles. The SMILES string of the molecule is CCc1n[nH]c(CN(C)Cc2cc(C)on2)n1. The van der Waals surface area contributed by atoms with Crippen molar-refractivity contribution in [3.8, 4) is 0 Å². The van der Waals surface area contributed by atoms with Crippen LogP contribution in [0, 0.1) is 6.92 Å². The van der Waals surface area contributed by atoms with Gasteiger partial charge in [-0.05, 0) is 14.0 Å². The van der Waals surface area contributed by atoms with Crippen molar-refractivity contribution in [3.05, 3.63) is 29.2 Å². The molecule has 0 aliphatic heterocycles. The van der Waals surface area contributed by atoms with Crippen LogP contribution in [0.1, 0.15) is 30.0 Å². The molecule has 0 bridgehead atoms. The first-order valence-corrected chi connectivity index (χ1v) is 5.68. The minimum absolute atomic E-state index is 0.721. The number of aryl methyl sites for hydroxylation is 2. The smallest absolute Gasteiger partial charge is 0.150 e. The van der Waals surface area contributed by atoms with Crippen molar-refractivity contribution in [2.24, 2.45) is 0 Å². The van der Waals surface area contributed by atoms with Crippen molar-refractivity contribution >= 4 is 0 Å². The molecule has 0 aromatic carbocycles. The molecule has 2 rings (SSSR count). The molecule has 0 radical (unpaired) electrons. The number of H-pyrrole nitrogens is 1. The van der Waals surface area contributed by atoms with E-state index in [1.807, 2.05) is 27.0 Å². The van der Waals surface area contributed by atoms with Gasteiger partial charge in [0.15, 0.2) is 0 Å². The average molecular weight is 235 g/mol. The van der Waals surface area contributed by atoms with Crippen LogP contribution in [0.3, 0.4) is 0 Å². The maximum Gasteiger partial charge on any atom is 0.150 e. The van der Waals surface area contributed by atoms with Crippen LogP contribution in [-0.2, 0) is 19.5 Å². The third-order valence-electron chi connectivity index (χ3n) is 2.42. The van der Waals surface area contributed by atoms with Gasteiger partial charge in [0.05, 0.1) is 12.2 Å². The first-order chi connectivity index (χ1) is 8.17. The van der Waals surface area contributed by atoms with E-state index in [-0.39, 0.29) is 0 Å². The summed E-state index contributed by atoms with van der Waals surface area (Å²) in [4.78, 5) is 6.47. The lowest BCUT2D eigenvalue weighted by Crippen LogP contribution is -2.18. The van der Waals surface area contributed by atoms with Gasteiger partial charge in [0.1, 0.15) is 17.4 Å². The van der Waals surface area contributed by atoms with Crippen molar-refractivity contribution in [3.63, 3.8) is 0 Å². The molecular weight excluding hydrogens is 218 g/mol. The summed E-state index contributed by atoms with van der Waals surface area (Å²) in [5, 5.41) is 11.0. The zero-order valence-corrected chi connectivity index (χ0v) is 10.4. The quantitative estimate of drug-likeness (QED) is 0.845. The predicted molar refractivity (Wildman–Crippen MR) is 62.2 cm³/mol. The normalized spacial score (nSPS) is 11.3. The number of aromatic nitrogens is 4. The third kappa shape index (κ3) is 3.13. The molecule has 0 amide bonds. The lowest BCUT2D eigenvalue weighted by atomic mass is 10.3. The van der Waals surface area contributed by atoms with Gasteiger partial charge in [0.2, 0.25) is 0 Å². The molecule has 6 heteroatoms. The van der Waals surface area contributed by atoms with E-state index in [1.165, 1.54) is 0 Å². The fourth-order valence-corrected chi connectivity index (χ4v) is 1.64. The molecule has 0 saturated carbocycles. The molecule has 2 aromatic rings. The van der Waals surface area contributed by atoms with Crippen LogP contribution in [-0.4, -0.2) is 32.3 Å². The summed E-state index contributed by atoms with van der Waals surface area (Å²) in [6.45, 7) is 5.38. The Balaban J connectivity index is 1.90. The van der Waals surface area contributed by atoms with E-state index in [0.29, 0.717) is 0 Å². The zero-order chi connectivity index (χ0) is 12.3. The lowest BCUT2D eigenvalue weighted by molar-refractivity contribution is 0.295. The highest BCUT2D eigenvalue weighted by atomic mass is 16.5. The van der Waals surface area contributed by atoms with E-state index >= 15 is 0 Å². The molecule has 0 aliphatic rings. The lowest BCUT2D eigenvalue weighted by Gasteiger charge is -2.12. The molecule has 0 spiro atoms. The highest BCUT2D eigenvalue weighted by Crippen LogP contribution is 2.06. The first-order valence-electron chi connectivity index (χ1n) is 5.68. The first kappa shape index (κ1) is 11.8. The third-order valence-corrected chi connectivity index (χ3v) is 2.42. The van der Waals surface area contributed by atoms with Gasteiger partial charge in [0.25, 0.3) is 0 Å². The summed E-state index contributed by atoms with van der Waals surface area (Å²) in [6, 6.07) is 1.94. The monoisotopic (exact) mass is 235 g/mol. The van der Waals surface area contributed by atoms with Gasteiger partial charge in [-0.3, -0.25) is 10.00 Å². The number of hydrogen-bond acceptors (Lipinski definition) is 5. The Morgan fingerprint density at radius 2 is 2.24 bits per heavy atom. The summed E-state index contributed by atoms with van der Waals surface area (Å²) < 4.78 is 5.02. The van der Waals surface area contributed by atoms with Crippen molar-refractivity contribution in [2.45, 2.75) is 33.4 Å². The van der Waals surface area contributed by atoms with Gasteiger partial charge in [-0.25, -0.2) is 4.98 Å². The second-order valence-electron chi connectivity index (χ2n) is 4.15. The minimum Gasteiger partial charge on any atom is -0.361 e. The van der Waals surface area contributed by atoms with Crippen LogP contribution < -0.4 is 0 Å². The molecule has 1 N–H and O–H groups in total. The summed E-state index contributed by atoms with van der Waals surface area (Å²) >= 11 is 0. The van der Waals surface area contributed by atoms with Crippen LogP contribution >= 0.6 is 0 Å². The maximum absolute atomic E-state index is 5.02. The van der Waals surface area contributed by atoms with Crippen LogP contribution in [0.4, 0.5) is 0 Å². The predicted octanol–water partition coefficient (Wildman–Crippen LogP) is 1.30. The number of nitrogens with zero attached hydrogens (tertiary/aromatic N) is 4. The summed E-state index contributed by atoms with van der Waals surface area (Å²) in [5.74, 6) is 2.57. The fraction of sp³-hybridized carbons (Fsp3) is 0.545. The largest absolute Gasteiger partial charge is 0.361 e. The van der Waals surface area contributed by atoms with E-state index in [2.05, 4.69) is 25.2 Å². The van der Waals surface area contributed by atoms with Crippen molar-refractivity contribution in [1.82, 2.24) is 25.2 Å². The van der Waals surface area contributed by atoms with Crippen LogP contribution in [0.2, 0.25) is 0 Å². The minimum atomic E-state index is 0.721. The van der Waals surface area contributed by atoms with E-state index in [1.54, 1.807) is 0 Å². The Bertz CT molecular complexity index is 476. The van der Waals surface area contributed by atoms with Gasteiger partial charge >= 0.3 is 0 Å². The van der Waals surface area contributed by atoms with Crippen molar-refractivity contribution < 1.29 is 4.52 Å². The number of rotatable bonds is 5. The Labute approximate surface area is 100 Å².